The molecule has 5 aromatic rings. The number of hydrogen-bond donors (Lipinski definition) is 3. The summed E-state index contributed by atoms with van der Waals surface area (Å²) in [6, 6.07) is 36.8. The number of ketones is 1. The van der Waals surface area contributed by atoms with Crippen LogP contribution in [0.5, 0.6) is 0 Å². The molecule has 0 radical (unpaired) electrons. The first-order valence-electron chi connectivity index (χ1n) is 24.6. The van der Waals surface area contributed by atoms with E-state index < -0.39 is 16.0 Å². The van der Waals surface area contributed by atoms with E-state index in [-0.39, 0.29) is 70.6 Å². The number of benzene rings is 5. The summed E-state index contributed by atoms with van der Waals surface area (Å²) in [6.07, 6.45) is 11.0. The van der Waals surface area contributed by atoms with Crippen LogP contribution >= 0.6 is 79.6 Å². The van der Waals surface area contributed by atoms with Gasteiger partial charge in [0, 0.05) is 40.8 Å². The van der Waals surface area contributed by atoms with Gasteiger partial charge in [-0.25, -0.2) is 0 Å². The van der Waals surface area contributed by atoms with Crippen molar-refractivity contribution in [1.29, 1.82) is 0 Å². The van der Waals surface area contributed by atoms with E-state index in [1.54, 1.807) is 12.5 Å². The van der Waals surface area contributed by atoms with Crippen molar-refractivity contribution in [3.63, 3.8) is 0 Å². The molecule has 2 aliphatic carbocycles. The van der Waals surface area contributed by atoms with Crippen molar-refractivity contribution in [2.75, 3.05) is 13.2 Å². The normalized spacial score (nSPS) is 13.3. The van der Waals surface area contributed by atoms with E-state index in [9.17, 15) is 19.5 Å². The predicted octanol–water partition coefficient (Wildman–Crippen LogP) is 13.6. The van der Waals surface area contributed by atoms with Crippen molar-refractivity contribution in [3.05, 3.63) is 178 Å². The summed E-state index contributed by atoms with van der Waals surface area (Å²) in [4.78, 5) is 33.9. The smallest absolute Gasteiger partial charge is 1.00 e. The Labute approximate surface area is 529 Å². The van der Waals surface area contributed by atoms with Crippen molar-refractivity contribution in [3.8, 4) is 0 Å². The van der Waals surface area contributed by atoms with Crippen LogP contribution in [0, 0.1) is 7.43 Å². The van der Waals surface area contributed by atoms with Crippen LogP contribution in [-0.2, 0) is 66.0 Å². The molecule has 0 heterocycles. The van der Waals surface area contributed by atoms with E-state index in [4.69, 9.17) is 27.0 Å². The van der Waals surface area contributed by atoms with Crippen LogP contribution in [-0.4, -0.2) is 82.2 Å². The maximum absolute atomic E-state index is 11.7. The number of Topliss-reactive ketones (excluding diaryl/α,β-unsaturated/α-hetero) is 1. The molecule has 77 heavy (non-hydrogen) atoms. The van der Waals surface area contributed by atoms with Crippen molar-refractivity contribution < 1.29 is 63.5 Å². The number of aliphatic hydroxyl groups is 1. The number of fused-ring (bicyclic) bond motifs is 2. The summed E-state index contributed by atoms with van der Waals surface area (Å²) in [6.45, 7) is 17.3. The molecule has 5 aromatic carbocycles. The third kappa shape index (κ3) is 34.3. The topological polar surface area (TPSA) is 164 Å². The molecule has 0 bridgehead atoms. The zero-order chi connectivity index (χ0) is 55.7. The Hall–Kier alpha value is -1.81. The van der Waals surface area contributed by atoms with Crippen LogP contribution in [0.1, 0.15) is 150 Å². The average molecular weight is 1480 g/mol. The van der Waals surface area contributed by atoms with E-state index >= 15 is 0 Å². The van der Waals surface area contributed by atoms with Crippen LogP contribution in [0.3, 0.4) is 0 Å². The zero-order valence-corrected chi connectivity index (χ0v) is 57.6. The van der Waals surface area contributed by atoms with E-state index in [2.05, 4.69) is 156 Å². The second-order valence-electron chi connectivity index (χ2n) is 19.7. The van der Waals surface area contributed by atoms with Gasteiger partial charge in [0.15, 0.2) is 5.78 Å². The first-order chi connectivity index (χ1) is 34.5. The molecule has 2 aliphatic rings. The number of hydrogen-bond acceptors (Lipinski definition) is 8. The van der Waals surface area contributed by atoms with Crippen LogP contribution in [0.4, 0.5) is 0 Å². The number of carbonyl (C=O) groups excluding carboxylic acids is 3. The third-order valence-corrected chi connectivity index (χ3v) is 14.2. The van der Waals surface area contributed by atoms with E-state index in [1.807, 2.05) is 81.4 Å². The molecule has 0 spiro atoms. The average Bonchev–Trinajstić information content (AvgIpc) is 3.28. The fourth-order valence-electron chi connectivity index (χ4n) is 8.12. The summed E-state index contributed by atoms with van der Waals surface area (Å²) in [5, 5.41) is 9.54. The quantitative estimate of drug-likeness (QED) is 0.0474. The molecule has 0 unspecified atom stereocenters. The molecule has 0 saturated heterocycles. The molecule has 0 aromatic heterocycles. The zero-order valence-electron chi connectivity index (χ0n) is 45.9. The molecule has 0 saturated carbocycles. The predicted molar refractivity (Wildman–Crippen MR) is 329 cm³/mol. The van der Waals surface area contributed by atoms with Gasteiger partial charge in [-0.3, -0.25) is 23.5 Å². The van der Waals surface area contributed by atoms with Crippen LogP contribution in [0.2, 0.25) is 0 Å². The molecular formula is C59H76Br6MgO10S. The fourth-order valence-corrected chi connectivity index (χ4v) is 10.2. The molecule has 0 fully saturated rings. The van der Waals surface area contributed by atoms with Gasteiger partial charge in [0.05, 0.1) is 25.2 Å². The second kappa shape index (κ2) is 38.8. The molecule has 18 heteroatoms. The van der Waals surface area contributed by atoms with Crippen LogP contribution in [0.15, 0.2) is 132 Å². The molecule has 7 rings (SSSR count). The van der Waals surface area contributed by atoms with Crippen molar-refractivity contribution >= 4 is 131 Å². The van der Waals surface area contributed by atoms with E-state index in [0.717, 1.165) is 67.5 Å². The first kappa shape index (κ1) is 77.3. The Morgan fingerprint density at radius 3 is 1.55 bits per heavy atom. The molecular weight excluding hydrogens is 1400 g/mol. The SMILES string of the molecule is CC(C)(O)CCCc1cccc(Br)c1.CC1(C)CCC(=O)c2cc(Br)ccc21.CC1(C)CCCc2cc(Br)ccc21.CCOC(=O)CCCc1cccc(Br)c1.CCOC(=O)Cc1cccc(Br)c1.O=S(=O)(O)O.[Br-].[CH3-].[Mg+2]. The van der Waals surface area contributed by atoms with Crippen LogP contribution in [0.25, 0.3) is 0 Å². The van der Waals surface area contributed by atoms with Gasteiger partial charge in [-0.2, -0.15) is 8.42 Å². The van der Waals surface area contributed by atoms with Gasteiger partial charge in [-0.05, 0) is 190 Å². The number of ether oxygens (including phenoxy) is 2. The Bertz CT molecular complexity index is 2670. The standard InChI is InChI=1S/C12H15BrO2.C12H13BrO.C12H17BrO.C12H15Br.C10H11BrO2.CH3.BrH.Mg.H2O4S/c1-2-15-12(14)8-4-6-10-5-3-7-11(13)9-10;1-12(2)6-5-11(14)9-7-8(13)3-4-10(9)12;1-12(2,14)8-4-6-10-5-3-7-11(13)9-10;1-12(2)7-3-4-9-8-10(13)5-6-11(9)12;1-2-13-10(12)7-8-4-3-5-9(11)6-8;;;;1-5(2,3)4/h3,5,7,9H,2,4,6,8H2,1H3;3-4,7H,5-6H2,1-2H3;3,5,7,9,14H,4,6,8H2,1-2H3;5-6,8H,3-4,7H2,1-2H3;3-6H,2,7H2,1H3;1H3;1H;;(H2,1,2,3,4)/q;;;;;-1;;+2;/p-1. The van der Waals surface area contributed by atoms with Gasteiger partial charge in [0.2, 0.25) is 0 Å². The van der Waals surface area contributed by atoms with Gasteiger partial charge >= 0.3 is 45.4 Å². The maximum Gasteiger partial charge on any atom is 2.00 e. The summed E-state index contributed by atoms with van der Waals surface area (Å²) >= 11 is 17.1. The second-order valence-corrected chi connectivity index (χ2v) is 25.2. The van der Waals surface area contributed by atoms with Crippen molar-refractivity contribution in [2.45, 2.75) is 149 Å². The largest absolute Gasteiger partial charge is 2.00 e. The Balaban J connectivity index is 0. The molecule has 0 aliphatic heterocycles. The molecule has 0 amide bonds. The third-order valence-electron chi connectivity index (χ3n) is 11.8. The molecule has 10 nitrogen and oxygen atoms in total. The molecule has 3 N–H and O–H groups in total. The number of carbonyl (C=O) groups is 3. The summed E-state index contributed by atoms with van der Waals surface area (Å²) in [7, 11) is -4.67. The summed E-state index contributed by atoms with van der Waals surface area (Å²) in [5.41, 5.74) is 8.69. The summed E-state index contributed by atoms with van der Waals surface area (Å²) in [5.74, 6) is -0.00581. The molecule has 0 atom stereocenters. The summed E-state index contributed by atoms with van der Waals surface area (Å²) < 4.78 is 46.7. The van der Waals surface area contributed by atoms with Crippen molar-refractivity contribution in [2.24, 2.45) is 0 Å². The minimum Gasteiger partial charge on any atom is -1.00 e. The van der Waals surface area contributed by atoms with Gasteiger partial charge in [0.1, 0.15) is 0 Å². The first-order valence-corrected chi connectivity index (χ1v) is 30.0. The maximum atomic E-state index is 11.7. The van der Waals surface area contributed by atoms with Gasteiger partial charge in [0.25, 0.3) is 0 Å². The Morgan fingerprint density at radius 1 is 0.623 bits per heavy atom. The molecule has 422 valence electrons. The fraction of sp³-hybridized carbons (Fsp3) is 0.424. The number of rotatable bonds is 12. The van der Waals surface area contributed by atoms with E-state index in [1.165, 1.54) is 46.0 Å². The van der Waals surface area contributed by atoms with Gasteiger partial charge in [-0.1, -0.05) is 156 Å². The minimum absolute atomic E-state index is 0. The van der Waals surface area contributed by atoms with E-state index in [0.29, 0.717) is 37.9 Å². The Kier molecular flexibility index (Phi) is 38.9. The number of halogens is 6. The monoisotopic (exact) mass is 1470 g/mol. The van der Waals surface area contributed by atoms with Crippen LogP contribution < -0.4 is 17.0 Å². The van der Waals surface area contributed by atoms with Gasteiger partial charge < -0.3 is 39.0 Å². The van der Waals surface area contributed by atoms with Gasteiger partial charge in [-0.15, -0.1) is 0 Å². The number of esters is 2. The number of aryl methyl sites for hydroxylation is 3. The Morgan fingerprint density at radius 2 is 1.05 bits per heavy atom. The minimum atomic E-state index is -4.67. The van der Waals surface area contributed by atoms with Crippen molar-refractivity contribution in [1.82, 2.24) is 0 Å².